The number of carbonyl (C=O) groups excluding carboxylic acids is 1. The summed E-state index contributed by atoms with van der Waals surface area (Å²) in [5, 5.41) is 3.94. The van der Waals surface area contributed by atoms with Crippen LogP contribution in [0, 0.1) is 19.8 Å². The number of rotatable bonds is 4. The van der Waals surface area contributed by atoms with Gasteiger partial charge in [-0.05, 0) is 46.2 Å². The summed E-state index contributed by atoms with van der Waals surface area (Å²) in [6.07, 6.45) is 2.32. The average Bonchev–Trinajstić information content (AvgIpc) is 3.10. The van der Waals surface area contributed by atoms with Crippen LogP contribution in [0.2, 0.25) is 0 Å². The minimum absolute atomic E-state index is 0.0136. The monoisotopic (exact) mass is 369 g/mol. The van der Waals surface area contributed by atoms with Gasteiger partial charge in [-0.1, -0.05) is 5.16 Å². The lowest BCUT2D eigenvalue weighted by atomic mass is 9.94. The molecule has 2 aliphatic heterocycles. The van der Waals surface area contributed by atoms with E-state index in [0.717, 1.165) is 49.4 Å². The molecular formula is C17H27N3O4S. The van der Waals surface area contributed by atoms with Crippen molar-refractivity contribution in [1.29, 1.82) is 0 Å². The molecule has 0 radical (unpaired) electrons. The van der Waals surface area contributed by atoms with E-state index in [-0.39, 0.29) is 23.6 Å². The van der Waals surface area contributed by atoms with Gasteiger partial charge in [0.15, 0.2) is 9.84 Å². The van der Waals surface area contributed by atoms with Crippen LogP contribution in [0.4, 0.5) is 0 Å². The first-order chi connectivity index (χ1) is 11.8. The molecule has 140 valence electrons. The van der Waals surface area contributed by atoms with Gasteiger partial charge in [-0.25, -0.2) is 8.42 Å². The normalized spacial score (nSPS) is 24.5. The summed E-state index contributed by atoms with van der Waals surface area (Å²) in [5.74, 6) is 1.50. The van der Waals surface area contributed by atoms with Gasteiger partial charge in [-0.2, -0.15) is 0 Å². The Morgan fingerprint density at radius 2 is 1.96 bits per heavy atom. The fourth-order valence-corrected chi connectivity index (χ4v) is 5.69. The van der Waals surface area contributed by atoms with Crippen molar-refractivity contribution in [1.82, 2.24) is 15.0 Å². The lowest BCUT2D eigenvalue weighted by molar-refractivity contribution is -0.136. The third-order valence-electron chi connectivity index (χ3n) is 5.56. The van der Waals surface area contributed by atoms with Gasteiger partial charge in [0.1, 0.15) is 5.76 Å². The third kappa shape index (κ3) is 4.06. The molecule has 7 nitrogen and oxygen atoms in total. The second kappa shape index (κ2) is 7.07. The average molecular weight is 369 g/mol. The highest BCUT2D eigenvalue weighted by molar-refractivity contribution is 7.91. The van der Waals surface area contributed by atoms with Crippen molar-refractivity contribution in [2.75, 3.05) is 31.6 Å². The Balaban J connectivity index is 1.53. The highest BCUT2D eigenvalue weighted by Gasteiger charge is 2.35. The molecule has 8 heteroatoms. The molecule has 1 amide bonds. The fraction of sp³-hybridized carbons (Fsp3) is 0.765. The Kier molecular flexibility index (Phi) is 5.20. The van der Waals surface area contributed by atoms with Crippen molar-refractivity contribution in [2.45, 2.75) is 45.7 Å². The van der Waals surface area contributed by atoms with Crippen molar-refractivity contribution in [3.63, 3.8) is 0 Å². The molecule has 1 atom stereocenters. The van der Waals surface area contributed by atoms with Crippen LogP contribution >= 0.6 is 0 Å². The zero-order valence-electron chi connectivity index (χ0n) is 15.2. The number of amides is 1. The lowest BCUT2D eigenvalue weighted by Crippen LogP contribution is -2.45. The highest BCUT2D eigenvalue weighted by Crippen LogP contribution is 2.26. The molecule has 0 bridgehead atoms. The van der Waals surface area contributed by atoms with Gasteiger partial charge in [-0.15, -0.1) is 0 Å². The highest BCUT2D eigenvalue weighted by atomic mass is 32.2. The number of hydrogen-bond donors (Lipinski definition) is 0. The molecule has 0 N–H and O–H groups in total. The molecule has 1 aromatic heterocycles. The number of aromatic nitrogens is 1. The van der Waals surface area contributed by atoms with Gasteiger partial charge in [0.25, 0.3) is 0 Å². The zero-order chi connectivity index (χ0) is 18.2. The first-order valence-corrected chi connectivity index (χ1v) is 10.7. The third-order valence-corrected chi connectivity index (χ3v) is 7.31. The Hall–Kier alpha value is -1.41. The first kappa shape index (κ1) is 18.4. The van der Waals surface area contributed by atoms with Crippen LogP contribution in [-0.2, 0) is 21.2 Å². The minimum Gasteiger partial charge on any atom is -0.361 e. The smallest absolute Gasteiger partial charge is 0.225 e. The summed E-state index contributed by atoms with van der Waals surface area (Å²) < 4.78 is 28.5. The standard InChI is InChI=1S/C17H27N3O4S/c1-12-16(13(2)24-18-12)10-19(3)17(21)14-4-7-20(8-5-14)15-6-9-25(22,23)11-15/h14-15H,4-11H2,1-3H3/t15-/m1/s1. The molecule has 0 unspecified atom stereocenters. The Morgan fingerprint density at radius 1 is 1.28 bits per heavy atom. The number of hydrogen-bond acceptors (Lipinski definition) is 6. The van der Waals surface area contributed by atoms with Crippen molar-refractivity contribution in [2.24, 2.45) is 5.92 Å². The van der Waals surface area contributed by atoms with Crippen LogP contribution in [0.25, 0.3) is 0 Å². The van der Waals surface area contributed by atoms with Crippen LogP contribution < -0.4 is 0 Å². The van der Waals surface area contributed by atoms with Gasteiger partial charge >= 0.3 is 0 Å². The molecular weight excluding hydrogens is 342 g/mol. The summed E-state index contributed by atoms with van der Waals surface area (Å²) in [7, 11) is -1.03. The Labute approximate surface area is 149 Å². The van der Waals surface area contributed by atoms with E-state index in [1.54, 1.807) is 4.90 Å². The van der Waals surface area contributed by atoms with Gasteiger partial charge in [0.2, 0.25) is 5.91 Å². The minimum atomic E-state index is -2.86. The molecule has 2 fully saturated rings. The largest absolute Gasteiger partial charge is 0.361 e. The maximum absolute atomic E-state index is 12.7. The predicted molar refractivity (Wildman–Crippen MR) is 93.8 cm³/mol. The van der Waals surface area contributed by atoms with E-state index in [4.69, 9.17) is 4.52 Å². The number of carbonyl (C=O) groups is 1. The van der Waals surface area contributed by atoms with Crippen molar-refractivity contribution in [3.05, 3.63) is 17.0 Å². The molecule has 0 saturated carbocycles. The molecule has 1 aromatic rings. The van der Waals surface area contributed by atoms with E-state index < -0.39 is 9.84 Å². The van der Waals surface area contributed by atoms with Gasteiger partial charge in [-0.3, -0.25) is 9.69 Å². The fourth-order valence-electron chi connectivity index (χ4n) is 3.93. The molecule has 0 aromatic carbocycles. The van der Waals surface area contributed by atoms with Crippen molar-refractivity contribution in [3.8, 4) is 0 Å². The van der Waals surface area contributed by atoms with Crippen molar-refractivity contribution < 1.29 is 17.7 Å². The zero-order valence-corrected chi connectivity index (χ0v) is 16.0. The molecule has 3 rings (SSSR count). The van der Waals surface area contributed by atoms with Crippen molar-refractivity contribution >= 4 is 15.7 Å². The van der Waals surface area contributed by atoms with Crippen LogP contribution in [0.3, 0.4) is 0 Å². The second-order valence-electron chi connectivity index (χ2n) is 7.36. The number of sulfone groups is 1. The summed E-state index contributed by atoms with van der Waals surface area (Å²) in [6.45, 7) is 5.87. The van der Waals surface area contributed by atoms with Crippen LogP contribution in [0.5, 0.6) is 0 Å². The maximum Gasteiger partial charge on any atom is 0.225 e. The van der Waals surface area contributed by atoms with E-state index in [1.807, 2.05) is 20.9 Å². The predicted octanol–water partition coefficient (Wildman–Crippen LogP) is 1.15. The molecule has 0 aliphatic carbocycles. The first-order valence-electron chi connectivity index (χ1n) is 8.88. The Morgan fingerprint density at radius 3 is 2.48 bits per heavy atom. The van der Waals surface area contributed by atoms with Crippen LogP contribution in [-0.4, -0.2) is 67.0 Å². The lowest BCUT2D eigenvalue weighted by Gasteiger charge is -2.36. The van der Waals surface area contributed by atoms with E-state index >= 15 is 0 Å². The van der Waals surface area contributed by atoms with E-state index in [9.17, 15) is 13.2 Å². The summed E-state index contributed by atoms with van der Waals surface area (Å²) >= 11 is 0. The van der Waals surface area contributed by atoms with Crippen LogP contribution in [0.15, 0.2) is 4.52 Å². The molecule has 2 saturated heterocycles. The topological polar surface area (TPSA) is 83.7 Å². The summed E-state index contributed by atoms with van der Waals surface area (Å²) in [4.78, 5) is 16.7. The van der Waals surface area contributed by atoms with Gasteiger partial charge in [0, 0.05) is 24.6 Å². The molecule has 2 aliphatic rings. The van der Waals surface area contributed by atoms with Crippen LogP contribution in [0.1, 0.15) is 36.3 Å². The number of aryl methyl sites for hydroxylation is 2. The van der Waals surface area contributed by atoms with Gasteiger partial charge < -0.3 is 9.42 Å². The van der Waals surface area contributed by atoms with Gasteiger partial charge in [0.05, 0.1) is 23.7 Å². The molecule has 3 heterocycles. The maximum atomic E-state index is 12.7. The molecule has 25 heavy (non-hydrogen) atoms. The number of likely N-dealkylation sites (tertiary alicyclic amines) is 1. The quantitative estimate of drug-likeness (QED) is 0.792. The summed E-state index contributed by atoms with van der Waals surface area (Å²) in [5.41, 5.74) is 1.80. The Bertz CT molecular complexity index is 716. The van der Waals surface area contributed by atoms with E-state index in [0.29, 0.717) is 12.3 Å². The summed E-state index contributed by atoms with van der Waals surface area (Å²) in [6, 6.07) is 0.140. The number of nitrogens with zero attached hydrogens (tertiary/aromatic N) is 3. The number of piperidine rings is 1. The molecule has 0 spiro atoms. The SMILES string of the molecule is Cc1noc(C)c1CN(C)C(=O)C1CCN([C@@H]2CCS(=O)(=O)C2)CC1. The van der Waals surface area contributed by atoms with E-state index in [1.165, 1.54) is 0 Å². The second-order valence-corrected chi connectivity index (χ2v) is 9.59. The van der Waals surface area contributed by atoms with E-state index in [2.05, 4.69) is 10.1 Å².